The van der Waals surface area contributed by atoms with Crippen molar-refractivity contribution in [3.05, 3.63) is 40.9 Å². The van der Waals surface area contributed by atoms with E-state index in [1.54, 1.807) is 22.2 Å². The van der Waals surface area contributed by atoms with Gasteiger partial charge in [0, 0.05) is 42.2 Å². The monoisotopic (exact) mass is 384 g/mol. The molecule has 6 nitrogen and oxygen atoms in total. The van der Waals surface area contributed by atoms with Crippen LogP contribution in [0.3, 0.4) is 0 Å². The number of nitrogens with one attached hydrogen (secondary N) is 1. The van der Waals surface area contributed by atoms with E-state index in [2.05, 4.69) is 26.1 Å². The Bertz CT molecular complexity index is 1120. The first-order valence-corrected chi connectivity index (χ1v) is 9.65. The number of aromatic amines is 1. The molecule has 0 radical (unpaired) electrons. The van der Waals surface area contributed by atoms with Gasteiger partial charge in [-0.15, -0.1) is 11.3 Å². The number of hydrogen-bond acceptors (Lipinski definition) is 5. The summed E-state index contributed by atoms with van der Waals surface area (Å²) in [6, 6.07) is 2.07. The molecule has 1 aliphatic carbocycles. The first-order chi connectivity index (χ1) is 12.5. The van der Waals surface area contributed by atoms with Gasteiger partial charge in [0.1, 0.15) is 10.7 Å². The van der Waals surface area contributed by atoms with E-state index in [0.717, 1.165) is 57.0 Å². The van der Waals surface area contributed by atoms with E-state index in [-0.39, 0.29) is 5.54 Å². The molecule has 5 rings (SSSR count). The van der Waals surface area contributed by atoms with Crippen molar-refractivity contribution >= 4 is 34.0 Å². The zero-order valence-corrected chi connectivity index (χ0v) is 15.7. The van der Waals surface area contributed by atoms with E-state index in [1.807, 2.05) is 25.6 Å². The molecular formula is C18H17ClN6S. The summed E-state index contributed by atoms with van der Waals surface area (Å²) in [5.41, 5.74) is 9.89. The molecule has 0 atom stereocenters. The van der Waals surface area contributed by atoms with E-state index in [4.69, 9.17) is 17.3 Å². The minimum Gasteiger partial charge on any atom is -0.339 e. The van der Waals surface area contributed by atoms with Crippen LogP contribution in [0.5, 0.6) is 0 Å². The summed E-state index contributed by atoms with van der Waals surface area (Å²) in [6.07, 6.45) is 10.5. The Labute approximate surface area is 159 Å². The number of aromatic nitrogens is 5. The highest BCUT2D eigenvalue weighted by Gasteiger charge is 2.37. The van der Waals surface area contributed by atoms with Gasteiger partial charge in [0.2, 0.25) is 0 Å². The molecule has 3 N–H and O–H groups in total. The summed E-state index contributed by atoms with van der Waals surface area (Å²) in [5, 5.41) is 6.82. The average Bonchev–Trinajstić information content (AvgIpc) is 3.31. The summed E-state index contributed by atoms with van der Waals surface area (Å²) in [4.78, 5) is 13.4. The molecule has 1 aliphatic rings. The minimum atomic E-state index is -0.263. The van der Waals surface area contributed by atoms with Crippen molar-refractivity contribution in [2.24, 2.45) is 12.8 Å². The van der Waals surface area contributed by atoms with Crippen molar-refractivity contribution in [2.75, 3.05) is 0 Å². The van der Waals surface area contributed by atoms with Gasteiger partial charge >= 0.3 is 0 Å². The van der Waals surface area contributed by atoms with Crippen LogP contribution in [0.15, 0.2) is 30.9 Å². The molecule has 4 heterocycles. The minimum absolute atomic E-state index is 0.263. The highest BCUT2D eigenvalue weighted by Crippen LogP contribution is 2.44. The smallest absolute Gasteiger partial charge is 0.138 e. The summed E-state index contributed by atoms with van der Waals surface area (Å²) in [6.45, 7) is 0. The number of pyridine rings is 1. The molecule has 0 aromatic carbocycles. The third kappa shape index (κ3) is 2.39. The lowest BCUT2D eigenvalue weighted by Gasteiger charge is -2.35. The van der Waals surface area contributed by atoms with E-state index < -0.39 is 0 Å². The van der Waals surface area contributed by atoms with Crippen molar-refractivity contribution < 1.29 is 0 Å². The molecule has 26 heavy (non-hydrogen) atoms. The maximum Gasteiger partial charge on any atom is 0.138 e. The molecule has 1 saturated carbocycles. The lowest BCUT2D eigenvalue weighted by atomic mass is 9.78. The Morgan fingerprint density at radius 2 is 2.12 bits per heavy atom. The van der Waals surface area contributed by atoms with Crippen LogP contribution >= 0.6 is 22.9 Å². The van der Waals surface area contributed by atoms with Gasteiger partial charge in [-0.25, -0.2) is 9.97 Å². The van der Waals surface area contributed by atoms with E-state index in [0.29, 0.717) is 5.02 Å². The number of thiazole rings is 1. The predicted octanol–water partition coefficient (Wildman–Crippen LogP) is 4.08. The molecule has 4 aromatic rings. The Balaban J connectivity index is 1.65. The summed E-state index contributed by atoms with van der Waals surface area (Å²) in [5.74, 6) is 0. The molecule has 132 valence electrons. The normalized spacial score (nSPS) is 16.1. The molecule has 8 heteroatoms. The number of aryl methyl sites for hydroxylation is 1. The fourth-order valence-electron chi connectivity index (χ4n) is 3.41. The Morgan fingerprint density at radius 3 is 2.81 bits per heavy atom. The maximum absolute atomic E-state index is 6.52. The number of halogens is 1. The van der Waals surface area contributed by atoms with Gasteiger partial charge in [0.15, 0.2) is 0 Å². The van der Waals surface area contributed by atoms with Crippen molar-refractivity contribution in [1.82, 2.24) is 24.7 Å². The van der Waals surface area contributed by atoms with Crippen LogP contribution < -0.4 is 5.73 Å². The highest BCUT2D eigenvalue weighted by atomic mass is 35.5. The zero-order valence-electron chi connectivity index (χ0n) is 14.2. The van der Waals surface area contributed by atoms with Gasteiger partial charge in [0.05, 0.1) is 27.3 Å². The highest BCUT2D eigenvalue weighted by molar-refractivity contribution is 7.15. The molecular weight excluding hydrogens is 368 g/mol. The van der Waals surface area contributed by atoms with Crippen molar-refractivity contribution in [1.29, 1.82) is 0 Å². The standard InChI is InChI=1S/C18H17ClN6S/c1-25-9-10(6-23-25)13-5-11-15(12(19)7-21-16(11)24-13)14-8-22-17(26-14)18(20)3-2-4-18/h5-9H,2-4,20H2,1H3,(H,21,24). The van der Waals surface area contributed by atoms with Crippen LogP contribution in [0, 0.1) is 0 Å². The fraction of sp³-hybridized carbons (Fsp3) is 0.278. The van der Waals surface area contributed by atoms with Gasteiger partial charge in [-0.3, -0.25) is 4.68 Å². The van der Waals surface area contributed by atoms with Crippen molar-refractivity contribution in [3.8, 4) is 21.7 Å². The van der Waals surface area contributed by atoms with Gasteiger partial charge in [0.25, 0.3) is 0 Å². The molecule has 0 unspecified atom stereocenters. The molecule has 0 aliphatic heterocycles. The maximum atomic E-state index is 6.52. The molecule has 0 saturated heterocycles. The number of rotatable bonds is 3. The van der Waals surface area contributed by atoms with Gasteiger partial charge in [-0.05, 0) is 25.3 Å². The number of H-pyrrole nitrogens is 1. The van der Waals surface area contributed by atoms with Crippen LogP contribution in [0.25, 0.3) is 32.7 Å². The molecule has 1 fully saturated rings. The van der Waals surface area contributed by atoms with Gasteiger partial charge in [-0.1, -0.05) is 11.6 Å². The van der Waals surface area contributed by atoms with Crippen molar-refractivity contribution in [2.45, 2.75) is 24.8 Å². The summed E-state index contributed by atoms with van der Waals surface area (Å²) < 4.78 is 1.77. The average molecular weight is 385 g/mol. The third-order valence-electron chi connectivity index (χ3n) is 5.05. The second kappa shape index (κ2) is 5.64. The van der Waals surface area contributed by atoms with E-state index >= 15 is 0 Å². The molecule has 0 spiro atoms. The summed E-state index contributed by atoms with van der Waals surface area (Å²) >= 11 is 8.15. The summed E-state index contributed by atoms with van der Waals surface area (Å²) in [7, 11) is 1.90. The van der Waals surface area contributed by atoms with Crippen molar-refractivity contribution in [3.63, 3.8) is 0 Å². The predicted molar refractivity (Wildman–Crippen MR) is 104 cm³/mol. The Hall–Kier alpha value is -2.22. The zero-order chi connectivity index (χ0) is 17.9. The number of nitrogens with zero attached hydrogens (tertiary/aromatic N) is 4. The largest absolute Gasteiger partial charge is 0.339 e. The first kappa shape index (κ1) is 16.0. The van der Waals surface area contributed by atoms with Crippen LogP contribution in [0.2, 0.25) is 5.02 Å². The molecule has 4 aromatic heterocycles. The second-order valence-corrected chi connectivity index (χ2v) is 8.31. The van der Waals surface area contributed by atoms with Crippen LogP contribution in [-0.4, -0.2) is 24.7 Å². The SMILES string of the molecule is Cn1cc(-c2cc3c(-c4cnc(C5(N)CCC5)s4)c(Cl)cnc3[nH]2)cn1. The fourth-order valence-corrected chi connectivity index (χ4v) is 4.87. The Kier molecular flexibility index (Phi) is 3.47. The van der Waals surface area contributed by atoms with Gasteiger partial charge < -0.3 is 10.7 Å². The number of hydrogen-bond donors (Lipinski definition) is 2. The van der Waals surface area contributed by atoms with E-state index in [9.17, 15) is 0 Å². The molecule has 0 bridgehead atoms. The topological polar surface area (TPSA) is 85.4 Å². The number of fused-ring (bicyclic) bond motifs is 1. The van der Waals surface area contributed by atoms with Crippen LogP contribution in [0.1, 0.15) is 24.3 Å². The first-order valence-electron chi connectivity index (χ1n) is 8.45. The van der Waals surface area contributed by atoms with Gasteiger partial charge in [-0.2, -0.15) is 5.10 Å². The molecule has 0 amide bonds. The lowest BCUT2D eigenvalue weighted by Crippen LogP contribution is -2.43. The quantitative estimate of drug-likeness (QED) is 0.557. The number of nitrogens with two attached hydrogens (primary N) is 1. The lowest BCUT2D eigenvalue weighted by molar-refractivity contribution is 0.253. The Morgan fingerprint density at radius 1 is 1.27 bits per heavy atom. The third-order valence-corrected chi connectivity index (χ3v) is 6.57. The van der Waals surface area contributed by atoms with E-state index in [1.165, 1.54) is 0 Å². The van der Waals surface area contributed by atoms with Crippen LogP contribution in [0.4, 0.5) is 0 Å². The van der Waals surface area contributed by atoms with Crippen LogP contribution in [-0.2, 0) is 12.6 Å². The second-order valence-electron chi connectivity index (χ2n) is 6.87.